The van der Waals surface area contributed by atoms with Gasteiger partial charge in [0.2, 0.25) is 0 Å². The van der Waals surface area contributed by atoms with Crippen molar-refractivity contribution in [1.82, 2.24) is 5.32 Å². The Morgan fingerprint density at radius 1 is 1.10 bits per heavy atom. The van der Waals surface area contributed by atoms with Crippen molar-refractivity contribution in [3.05, 3.63) is 70.2 Å². The lowest BCUT2D eigenvalue weighted by molar-refractivity contribution is 0.0399. The molecule has 0 aliphatic rings. The molecule has 2 aromatic carbocycles. The number of ether oxygens (including phenoxy) is 1. The molecule has 2 aromatic rings. The summed E-state index contributed by atoms with van der Waals surface area (Å²) in [7, 11) is 0. The van der Waals surface area contributed by atoms with E-state index in [-0.39, 0.29) is 6.10 Å². The van der Waals surface area contributed by atoms with E-state index in [2.05, 4.69) is 64.6 Å². The van der Waals surface area contributed by atoms with Gasteiger partial charge in [0.25, 0.3) is 0 Å². The number of hydrogen-bond acceptors (Lipinski definition) is 2. The minimum Gasteiger partial charge on any atom is -0.368 e. The van der Waals surface area contributed by atoms with Gasteiger partial charge in [0.1, 0.15) is 0 Å². The fourth-order valence-corrected chi connectivity index (χ4v) is 2.62. The van der Waals surface area contributed by atoms with Crippen LogP contribution in [0.3, 0.4) is 0 Å². The molecular formula is C18H22BrNO. The van der Waals surface area contributed by atoms with Gasteiger partial charge in [-0.25, -0.2) is 0 Å². The van der Waals surface area contributed by atoms with Crippen molar-refractivity contribution in [3.63, 3.8) is 0 Å². The lowest BCUT2D eigenvalue weighted by Gasteiger charge is -2.19. The smallest absolute Gasteiger partial charge is 0.0953 e. The van der Waals surface area contributed by atoms with E-state index in [1.54, 1.807) is 0 Å². The second-order valence-corrected chi connectivity index (χ2v) is 5.96. The summed E-state index contributed by atoms with van der Waals surface area (Å²) in [6.07, 6.45) is 1.21. The van der Waals surface area contributed by atoms with E-state index in [9.17, 15) is 0 Å². The molecule has 21 heavy (non-hydrogen) atoms. The molecule has 0 aliphatic heterocycles. The fraction of sp³-hybridized carbons (Fsp3) is 0.333. The Hall–Kier alpha value is -1.16. The Labute approximate surface area is 135 Å². The Bertz CT molecular complexity index is 530. The molecule has 0 saturated heterocycles. The van der Waals surface area contributed by atoms with Gasteiger partial charge in [0, 0.05) is 11.0 Å². The molecule has 2 rings (SSSR count). The van der Waals surface area contributed by atoms with Crippen LogP contribution in [0.15, 0.2) is 59.1 Å². The fourth-order valence-electron chi connectivity index (χ4n) is 2.17. The molecule has 0 radical (unpaired) electrons. The topological polar surface area (TPSA) is 21.3 Å². The van der Waals surface area contributed by atoms with Crippen molar-refractivity contribution in [2.24, 2.45) is 0 Å². The summed E-state index contributed by atoms with van der Waals surface area (Å²) in [5, 5.41) is 3.45. The Morgan fingerprint density at radius 3 is 2.62 bits per heavy atom. The third-order valence-electron chi connectivity index (χ3n) is 3.27. The highest BCUT2D eigenvalue weighted by Gasteiger charge is 2.11. The van der Waals surface area contributed by atoms with Crippen LogP contribution in [0.2, 0.25) is 0 Å². The maximum Gasteiger partial charge on any atom is 0.0953 e. The highest BCUT2D eigenvalue weighted by atomic mass is 79.9. The van der Waals surface area contributed by atoms with Crippen LogP contribution in [-0.2, 0) is 11.3 Å². The van der Waals surface area contributed by atoms with Crippen LogP contribution in [0.5, 0.6) is 0 Å². The summed E-state index contributed by atoms with van der Waals surface area (Å²) in [4.78, 5) is 0. The van der Waals surface area contributed by atoms with Gasteiger partial charge >= 0.3 is 0 Å². The molecule has 1 unspecified atom stereocenters. The minimum atomic E-state index is 0.0803. The normalized spacial score (nSPS) is 12.3. The highest BCUT2D eigenvalue weighted by molar-refractivity contribution is 9.10. The molecule has 0 heterocycles. The van der Waals surface area contributed by atoms with E-state index in [0.29, 0.717) is 6.61 Å². The van der Waals surface area contributed by atoms with Gasteiger partial charge in [-0.2, -0.15) is 0 Å². The number of halogens is 1. The number of benzene rings is 2. The zero-order valence-electron chi connectivity index (χ0n) is 12.4. The van der Waals surface area contributed by atoms with Crippen LogP contribution in [0.1, 0.15) is 30.6 Å². The molecule has 0 aromatic heterocycles. The third-order valence-corrected chi connectivity index (χ3v) is 3.76. The SMILES string of the molecule is CCCNCC(OCc1cccc(Br)c1)c1ccccc1. The molecule has 0 bridgehead atoms. The maximum atomic E-state index is 6.13. The molecule has 1 N–H and O–H groups in total. The summed E-state index contributed by atoms with van der Waals surface area (Å²) in [5.41, 5.74) is 2.40. The second kappa shape index (κ2) is 8.98. The van der Waals surface area contributed by atoms with Gasteiger partial charge in [-0.05, 0) is 36.2 Å². The predicted octanol–water partition coefficient (Wildman–Crippen LogP) is 4.71. The Kier molecular flexibility index (Phi) is 6.93. The van der Waals surface area contributed by atoms with Crippen molar-refractivity contribution in [2.75, 3.05) is 13.1 Å². The van der Waals surface area contributed by atoms with E-state index < -0.39 is 0 Å². The molecule has 3 heteroatoms. The van der Waals surface area contributed by atoms with E-state index in [4.69, 9.17) is 4.74 Å². The van der Waals surface area contributed by atoms with E-state index in [0.717, 1.165) is 24.0 Å². The van der Waals surface area contributed by atoms with Crippen LogP contribution in [0.25, 0.3) is 0 Å². The molecule has 0 spiro atoms. The number of rotatable bonds is 8. The Balaban J connectivity index is 1.98. The molecule has 0 fully saturated rings. The van der Waals surface area contributed by atoms with Crippen LogP contribution in [0.4, 0.5) is 0 Å². The lowest BCUT2D eigenvalue weighted by Crippen LogP contribution is -2.24. The lowest BCUT2D eigenvalue weighted by atomic mass is 10.1. The average Bonchev–Trinajstić information content (AvgIpc) is 2.52. The molecule has 1 atom stereocenters. The van der Waals surface area contributed by atoms with Gasteiger partial charge in [0.05, 0.1) is 12.7 Å². The van der Waals surface area contributed by atoms with Crippen molar-refractivity contribution < 1.29 is 4.74 Å². The minimum absolute atomic E-state index is 0.0803. The second-order valence-electron chi connectivity index (χ2n) is 5.04. The van der Waals surface area contributed by atoms with Gasteiger partial charge < -0.3 is 10.1 Å². The average molecular weight is 348 g/mol. The van der Waals surface area contributed by atoms with Gasteiger partial charge in [-0.1, -0.05) is 65.3 Å². The molecular weight excluding hydrogens is 326 g/mol. The molecule has 112 valence electrons. The highest BCUT2D eigenvalue weighted by Crippen LogP contribution is 2.20. The quantitative estimate of drug-likeness (QED) is 0.698. The number of nitrogens with one attached hydrogen (secondary N) is 1. The monoisotopic (exact) mass is 347 g/mol. The standard InChI is InChI=1S/C18H22BrNO/c1-2-11-20-13-18(16-8-4-3-5-9-16)21-14-15-7-6-10-17(19)12-15/h3-10,12,18,20H,2,11,13-14H2,1H3. The molecule has 0 saturated carbocycles. The zero-order chi connectivity index (χ0) is 14.9. The molecule has 0 aliphatic carbocycles. The predicted molar refractivity (Wildman–Crippen MR) is 91.3 cm³/mol. The summed E-state index contributed by atoms with van der Waals surface area (Å²) < 4.78 is 7.22. The summed E-state index contributed by atoms with van der Waals surface area (Å²) in [6, 6.07) is 18.7. The van der Waals surface area contributed by atoms with E-state index in [1.165, 1.54) is 11.1 Å². The largest absolute Gasteiger partial charge is 0.368 e. The molecule has 2 nitrogen and oxygen atoms in total. The summed E-state index contributed by atoms with van der Waals surface area (Å²) in [6.45, 7) is 4.65. The van der Waals surface area contributed by atoms with Crippen LogP contribution in [0, 0.1) is 0 Å². The first kappa shape index (κ1) is 16.2. The molecule has 0 amide bonds. The van der Waals surface area contributed by atoms with E-state index in [1.807, 2.05) is 18.2 Å². The van der Waals surface area contributed by atoms with Crippen LogP contribution in [-0.4, -0.2) is 13.1 Å². The van der Waals surface area contributed by atoms with Crippen molar-refractivity contribution in [2.45, 2.75) is 26.1 Å². The van der Waals surface area contributed by atoms with Gasteiger partial charge in [-0.15, -0.1) is 0 Å². The van der Waals surface area contributed by atoms with E-state index >= 15 is 0 Å². The zero-order valence-corrected chi connectivity index (χ0v) is 14.0. The van der Waals surface area contributed by atoms with Gasteiger partial charge in [-0.3, -0.25) is 0 Å². The van der Waals surface area contributed by atoms with Gasteiger partial charge in [0.15, 0.2) is 0 Å². The first-order valence-electron chi connectivity index (χ1n) is 7.41. The number of hydrogen-bond donors (Lipinski definition) is 1. The maximum absolute atomic E-state index is 6.13. The van der Waals surface area contributed by atoms with Crippen LogP contribution >= 0.6 is 15.9 Å². The van der Waals surface area contributed by atoms with Crippen molar-refractivity contribution in [1.29, 1.82) is 0 Å². The summed E-state index contributed by atoms with van der Waals surface area (Å²) >= 11 is 3.50. The summed E-state index contributed by atoms with van der Waals surface area (Å²) in [5.74, 6) is 0. The third kappa shape index (κ3) is 5.62. The van der Waals surface area contributed by atoms with Crippen molar-refractivity contribution in [3.8, 4) is 0 Å². The van der Waals surface area contributed by atoms with Crippen molar-refractivity contribution >= 4 is 15.9 Å². The first-order chi connectivity index (χ1) is 10.3. The first-order valence-corrected chi connectivity index (χ1v) is 8.20. The van der Waals surface area contributed by atoms with Crippen LogP contribution < -0.4 is 5.32 Å². The Morgan fingerprint density at radius 2 is 1.90 bits per heavy atom.